The molecule has 150 valence electrons. The van der Waals surface area contributed by atoms with Gasteiger partial charge in [-0.05, 0) is 12.5 Å². The molecule has 0 aliphatic rings. The molecule has 0 radical (unpaired) electrons. The van der Waals surface area contributed by atoms with Gasteiger partial charge in [0.05, 0.1) is 7.11 Å². The van der Waals surface area contributed by atoms with Gasteiger partial charge < -0.3 is 14.5 Å². The number of aromatic amines is 1. The SMILES string of the molecule is COC(=O)c1nc(NC(=O)COc2c[nH]c(C)cc2=O)sc1Cc1ccccc1. The van der Waals surface area contributed by atoms with Crippen molar-refractivity contribution < 1.29 is 19.1 Å². The summed E-state index contributed by atoms with van der Waals surface area (Å²) in [6.45, 7) is 1.37. The minimum atomic E-state index is -0.574. The van der Waals surface area contributed by atoms with Crippen LogP contribution in [-0.4, -0.2) is 35.6 Å². The van der Waals surface area contributed by atoms with Gasteiger partial charge in [-0.3, -0.25) is 14.9 Å². The van der Waals surface area contributed by atoms with Gasteiger partial charge in [0.2, 0.25) is 5.43 Å². The maximum atomic E-state index is 12.2. The highest BCUT2D eigenvalue weighted by molar-refractivity contribution is 7.16. The molecular formula is C20H19N3O5S. The minimum absolute atomic E-state index is 0.0462. The van der Waals surface area contributed by atoms with Crippen LogP contribution in [0.2, 0.25) is 0 Å². The van der Waals surface area contributed by atoms with E-state index < -0.39 is 11.9 Å². The average molecular weight is 413 g/mol. The van der Waals surface area contributed by atoms with Crippen molar-refractivity contribution in [2.45, 2.75) is 13.3 Å². The lowest BCUT2D eigenvalue weighted by molar-refractivity contribution is -0.118. The maximum absolute atomic E-state index is 12.2. The van der Waals surface area contributed by atoms with Crippen LogP contribution in [0.5, 0.6) is 5.75 Å². The predicted octanol–water partition coefficient (Wildman–Crippen LogP) is 2.53. The molecule has 0 spiro atoms. The zero-order valence-corrected chi connectivity index (χ0v) is 16.7. The summed E-state index contributed by atoms with van der Waals surface area (Å²) in [6.07, 6.45) is 1.88. The van der Waals surface area contributed by atoms with Crippen LogP contribution in [0.25, 0.3) is 0 Å². The number of rotatable bonds is 7. The number of nitrogens with zero attached hydrogens (tertiary/aromatic N) is 1. The van der Waals surface area contributed by atoms with Gasteiger partial charge in [0.25, 0.3) is 5.91 Å². The van der Waals surface area contributed by atoms with E-state index in [1.165, 1.54) is 30.7 Å². The van der Waals surface area contributed by atoms with Crippen LogP contribution < -0.4 is 15.5 Å². The van der Waals surface area contributed by atoms with Gasteiger partial charge in [-0.2, -0.15) is 0 Å². The first-order valence-electron chi connectivity index (χ1n) is 8.70. The summed E-state index contributed by atoms with van der Waals surface area (Å²) in [6, 6.07) is 11.0. The molecule has 0 fully saturated rings. The Morgan fingerprint density at radius 2 is 2.00 bits per heavy atom. The lowest BCUT2D eigenvalue weighted by Gasteiger charge is -2.05. The lowest BCUT2D eigenvalue weighted by atomic mass is 10.1. The van der Waals surface area contributed by atoms with Crippen LogP contribution in [0.3, 0.4) is 0 Å². The highest BCUT2D eigenvalue weighted by Gasteiger charge is 2.20. The summed E-state index contributed by atoms with van der Waals surface area (Å²) in [4.78, 5) is 43.7. The number of carbonyl (C=O) groups excluding carboxylic acids is 2. The van der Waals surface area contributed by atoms with Crippen LogP contribution in [0, 0.1) is 6.92 Å². The summed E-state index contributed by atoms with van der Waals surface area (Å²) >= 11 is 1.19. The number of nitrogens with one attached hydrogen (secondary N) is 2. The molecule has 1 aromatic carbocycles. The Kier molecular flexibility index (Phi) is 6.40. The number of amides is 1. The van der Waals surface area contributed by atoms with Crippen molar-refractivity contribution in [2.24, 2.45) is 0 Å². The average Bonchev–Trinajstić information content (AvgIpc) is 3.09. The number of ether oxygens (including phenoxy) is 2. The van der Waals surface area contributed by atoms with Gasteiger partial charge in [0.15, 0.2) is 23.2 Å². The molecule has 8 nitrogen and oxygen atoms in total. The molecule has 0 atom stereocenters. The maximum Gasteiger partial charge on any atom is 0.357 e. The monoisotopic (exact) mass is 413 g/mol. The first-order chi connectivity index (χ1) is 14.0. The quantitative estimate of drug-likeness (QED) is 0.576. The number of benzene rings is 1. The molecular weight excluding hydrogens is 394 g/mol. The second-order valence-electron chi connectivity index (χ2n) is 6.13. The Hall–Kier alpha value is -3.46. The number of aryl methyl sites for hydroxylation is 1. The number of methoxy groups -OCH3 is 1. The second-order valence-corrected chi connectivity index (χ2v) is 7.21. The van der Waals surface area contributed by atoms with Gasteiger partial charge >= 0.3 is 5.97 Å². The molecule has 9 heteroatoms. The van der Waals surface area contributed by atoms with Crippen LogP contribution in [-0.2, 0) is 16.0 Å². The number of pyridine rings is 1. The molecule has 0 unspecified atom stereocenters. The van der Waals surface area contributed by atoms with Gasteiger partial charge in [0.1, 0.15) is 0 Å². The number of thiazole rings is 1. The summed E-state index contributed by atoms with van der Waals surface area (Å²) in [5.41, 5.74) is 1.53. The van der Waals surface area contributed by atoms with E-state index in [1.807, 2.05) is 30.3 Å². The molecule has 2 N–H and O–H groups in total. The third-order valence-electron chi connectivity index (χ3n) is 3.91. The zero-order valence-electron chi connectivity index (χ0n) is 15.9. The van der Waals surface area contributed by atoms with Crippen molar-refractivity contribution in [3.8, 4) is 5.75 Å². The fraction of sp³-hybridized carbons (Fsp3) is 0.200. The van der Waals surface area contributed by atoms with Crippen LogP contribution in [0.1, 0.15) is 26.6 Å². The highest BCUT2D eigenvalue weighted by atomic mass is 32.1. The summed E-state index contributed by atoms with van der Waals surface area (Å²) in [7, 11) is 1.28. The van der Waals surface area contributed by atoms with Gasteiger partial charge in [-0.1, -0.05) is 30.3 Å². The van der Waals surface area contributed by atoms with E-state index in [1.54, 1.807) is 6.92 Å². The fourth-order valence-electron chi connectivity index (χ4n) is 2.53. The molecule has 0 bridgehead atoms. The van der Waals surface area contributed by atoms with E-state index in [4.69, 9.17) is 9.47 Å². The Morgan fingerprint density at radius 1 is 1.24 bits per heavy atom. The zero-order chi connectivity index (χ0) is 20.8. The van der Waals surface area contributed by atoms with E-state index in [9.17, 15) is 14.4 Å². The summed E-state index contributed by atoms with van der Waals surface area (Å²) < 4.78 is 10.0. The van der Waals surface area contributed by atoms with Crippen molar-refractivity contribution in [3.05, 3.63) is 74.6 Å². The molecule has 29 heavy (non-hydrogen) atoms. The van der Waals surface area contributed by atoms with E-state index in [0.29, 0.717) is 17.0 Å². The normalized spacial score (nSPS) is 10.4. The van der Waals surface area contributed by atoms with Gasteiger partial charge in [-0.25, -0.2) is 9.78 Å². The van der Waals surface area contributed by atoms with Crippen molar-refractivity contribution in [1.29, 1.82) is 0 Å². The van der Waals surface area contributed by atoms with Crippen LogP contribution in [0.4, 0.5) is 5.13 Å². The highest BCUT2D eigenvalue weighted by Crippen LogP contribution is 2.26. The fourth-order valence-corrected chi connectivity index (χ4v) is 3.53. The molecule has 3 aromatic rings. The molecule has 2 aromatic heterocycles. The van der Waals surface area contributed by atoms with Crippen molar-refractivity contribution in [3.63, 3.8) is 0 Å². The van der Waals surface area contributed by atoms with Crippen LogP contribution >= 0.6 is 11.3 Å². The topological polar surface area (TPSA) is 110 Å². The van der Waals surface area contributed by atoms with Crippen molar-refractivity contribution in [2.75, 3.05) is 19.0 Å². The summed E-state index contributed by atoms with van der Waals surface area (Å²) in [5, 5.41) is 2.84. The first kappa shape index (κ1) is 20.3. The van der Waals surface area contributed by atoms with Crippen molar-refractivity contribution in [1.82, 2.24) is 9.97 Å². The Balaban J connectivity index is 1.70. The number of hydrogen-bond donors (Lipinski definition) is 2. The van der Waals surface area contributed by atoms with E-state index in [2.05, 4.69) is 15.3 Å². The molecule has 2 heterocycles. The van der Waals surface area contributed by atoms with E-state index in [0.717, 1.165) is 5.56 Å². The first-order valence-corrected chi connectivity index (χ1v) is 9.52. The Labute approximate surface area is 170 Å². The third kappa shape index (κ3) is 5.29. The standard InChI is InChI=1S/C20H19N3O5S/c1-12-8-14(24)15(10-21-12)28-11-17(25)22-20-23-18(19(26)27-2)16(29-20)9-13-6-4-3-5-7-13/h3-8,10H,9,11H2,1-2H3,(H,21,24)(H,22,23,25). The lowest BCUT2D eigenvalue weighted by Crippen LogP contribution is -2.22. The Bertz CT molecular complexity index is 1080. The number of anilines is 1. The largest absolute Gasteiger partial charge is 0.478 e. The molecule has 3 rings (SSSR count). The predicted molar refractivity (Wildman–Crippen MR) is 109 cm³/mol. The van der Waals surface area contributed by atoms with E-state index >= 15 is 0 Å². The minimum Gasteiger partial charge on any atom is -0.478 e. The molecule has 0 aliphatic heterocycles. The van der Waals surface area contributed by atoms with Gasteiger partial charge in [0, 0.05) is 29.3 Å². The number of hydrogen-bond acceptors (Lipinski definition) is 7. The van der Waals surface area contributed by atoms with E-state index in [-0.39, 0.29) is 28.6 Å². The summed E-state index contributed by atoms with van der Waals surface area (Å²) in [5.74, 6) is -1.03. The third-order valence-corrected chi connectivity index (χ3v) is 4.88. The second kappa shape index (κ2) is 9.16. The van der Waals surface area contributed by atoms with Crippen molar-refractivity contribution >= 4 is 28.3 Å². The number of esters is 1. The molecule has 0 saturated heterocycles. The smallest absolute Gasteiger partial charge is 0.357 e. The van der Waals surface area contributed by atoms with Gasteiger partial charge in [-0.15, -0.1) is 11.3 Å². The number of carbonyl (C=O) groups is 2. The van der Waals surface area contributed by atoms with Crippen LogP contribution in [0.15, 0.2) is 47.4 Å². The Morgan fingerprint density at radius 3 is 2.69 bits per heavy atom. The molecule has 0 aliphatic carbocycles. The number of H-pyrrole nitrogens is 1. The molecule has 0 saturated carbocycles. The number of aromatic nitrogens is 2. The molecule has 1 amide bonds.